The van der Waals surface area contributed by atoms with Gasteiger partial charge in [0, 0.05) is 25.7 Å². The molecular formula is C18H19F3N2O3S. The SMILES string of the molecule is O=S(=O)(NC1CCN(Cc2ccccc2)C1)c1ccccc1OC(F)(F)F. The van der Waals surface area contributed by atoms with Crippen molar-refractivity contribution in [3.8, 4) is 5.75 Å². The Kier molecular flexibility index (Phi) is 5.73. The van der Waals surface area contributed by atoms with Crippen LogP contribution >= 0.6 is 0 Å². The lowest BCUT2D eigenvalue weighted by Gasteiger charge is -2.18. The summed E-state index contributed by atoms with van der Waals surface area (Å²) in [5, 5.41) is 0. The second-order valence-corrected chi connectivity index (χ2v) is 8.00. The zero-order valence-electron chi connectivity index (χ0n) is 14.3. The van der Waals surface area contributed by atoms with Gasteiger partial charge in [-0.3, -0.25) is 4.90 Å². The number of rotatable bonds is 6. The van der Waals surface area contributed by atoms with Gasteiger partial charge in [-0.1, -0.05) is 42.5 Å². The van der Waals surface area contributed by atoms with Crippen molar-refractivity contribution >= 4 is 10.0 Å². The van der Waals surface area contributed by atoms with E-state index in [0.717, 1.165) is 17.7 Å². The van der Waals surface area contributed by atoms with Crippen molar-refractivity contribution in [2.75, 3.05) is 13.1 Å². The molecular weight excluding hydrogens is 381 g/mol. The lowest BCUT2D eigenvalue weighted by atomic mass is 10.2. The smallest absolute Gasteiger partial charge is 0.404 e. The molecule has 0 spiro atoms. The Bertz CT molecular complexity index is 873. The van der Waals surface area contributed by atoms with Crippen molar-refractivity contribution in [3.05, 3.63) is 60.2 Å². The fourth-order valence-corrected chi connectivity index (χ4v) is 4.47. The number of sulfonamides is 1. The number of halogens is 3. The molecule has 1 saturated heterocycles. The molecule has 1 N–H and O–H groups in total. The number of hydrogen-bond acceptors (Lipinski definition) is 4. The van der Waals surface area contributed by atoms with Gasteiger partial charge in [-0.05, 0) is 24.1 Å². The molecule has 1 unspecified atom stereocenters. The van der Waals surface area contributed by atoms with Crippen molar-refractivity contribution < 1.29 is 26.3 Å². The Labute approximate surface area is 155 Å². The van der Waals surface area contributed by atoms with E-state index in [-0.39, 0.29) is 6.04 Å². The van der Waals surface area contributed by atoms with E-state index < -0.39 is 27.0 Å². The Morgan fingerprint density at radius 2 is 1.74 bits per heavy atom. The second kappa shape index (κ2) is 7.87. The van der Waals surface area contributed by atoms with E-state index in [2.05, 4.69) is 14.4 Å². The first-order valence-electron chi connectivity index (χ1n) is 8.36. The molecule has 2 aromatic carbocycles. The Balaban J connectivity index is 1.67. The average Bonchev–Trinajstić information content (AvgIpc) is 3.01. The van der Waals surface area contributed by atoms with Crippen LogP contribution in [0.1, 0.15) is 12.0 Å². The molecule has 0 saturated carbocycles. The van der Waals surface area contributed by atoms with Gasteiger partial charge in [0.15, 0.2) is 0 Å². The van der Waals surface area contributed by atoms with Gasteiger partial charge in [0.2, 0.25) is 10.0 Å². The third-order valence-electron chi connectivity index (χ3n) is 4.21. The number of alkyl halides is 3. The molecule has 1 fully saturated rings. The number of ether oxygens (including phenoxy) is 1. The van der Waals surface area contributed by atoms with E-state index in [1.807, 2.05) is 30.3 Å². The molecule has 0 radical (unpaired) electrons. The Hall–Kier alpha value is -2.10. The van der Waals surface area contributed by atoms with Crippen molar-refractivity contribution in [2.45, 2.75) is 30.3 Å². The first kappa shape index (κ1) is 19.7. The number of likely N-dealkylation sites (tertiary alicyclic amines) is 1. The summed E-state index contributed by atoms with van der Waals surface area (Å²) in [6.07, 6.45) is -4.39. The van der Waals surface area contributed by atoms with E-state index in [1.165, 1.54) is 12.1 Å². The summed E-state index contributed by atoms with van der Waals surface area (Å²) in [7, 11) is -4.14. The van der Waals surface area contributed by atoms with E-state index in [4.69, 9.17) is 0 Å². The highest BCUT2D eigenvalue weighted by atomic mass is 32.2. The molecule has 1 aliphatic heterocycles. The predicted octanol–water partition coefficient (Wildman–Crippen LogP) is 3.14. The highest BCUT2D eigenvalue weighted by Gasteiger charge is 2.35. The molecule has 27 heavy (non-hydrogen) atoms. The highest BCUT2D eigenvalue weighted by Crippen LogP contribution is 2.29. The maximum absolute atomic E-state index is 12.6. The van der Waals surface area contributed by atoms with Gasteiger partial charge in [-0.2, -0.15) is 0 Å². The van der Waals surface area contributed by atoms with Crippen molar-refractivity contribution in [2.24, 2.45) is 0 Å². The van der Waals surface area contributed by atoms with Crippen LogP contribution in [0.15, 0.2) is 59.5 Å². The van der Waals surface area contributed by atoms with Crippen LogP contribution in [0.5, 0.6) is 5.75 Å². The molecule has 0 aromatic heterocycles. The van der Waals surface area contributed by atoms with Crippen LogP contribution in [0, 0.1) is 0 Å². The van der Waals surface area contributed by atoms with E-state index in [9.17, 15) is 21.6 Å². The minimum Gasteiger partial charge on any atom is -0.404 e. The summed E-state index contributed by atoms with van der Waals surface area (Å²) < 4.78 is 69.1. The largest absolute Gasteiger partial charge is 0.573 e. The molecule has 0 amide bonds. The lowest BCUT2D eigenvalue weighted by molar-refractivity contribution is -0.275. The average molecular weight is 400 g/mol. The van der Waals surface area contributed by atoms with Gasteiger partial charge < -0.3 is 4.74 Å². The zero-order valence-corrected chi connectivity index (χ0v) is 15.1. The van der Waals surface area contributed by atoms with E-state index in [1.54, 1.807) is 0 Å². The van der Waals surface area contributed by atoms with Crippen molar-refractivity contribution in [3.63, 3.8) is 0 Å². The summed E-state index contributed by atoms with van der Waals surface area (Å²) in [6.45, 7) is 1.87. The van der Waals surface area contributed by atoms with E-state index in [0.29, 0.717) is 26.1 Å². The molecule has 0 aliphatic carbocycles. The van der Waals surface area contributed by atoms with Crippen LogP contribution in [0.2, 0.25) is 0 Å². The summed E-state index contributed by atoms with van der Waals surface area (Å²) in [4.78, 5) is 1.57. The van der Waals surface area contributed by atoms with Crippen LogP contribution in [-0.4, -0.2) is 38.8 Å². The molecule has 1 atom stereocenters. The van der Waals surface area contributed by atoms with Crippen molar-refractivity contribution in [1.29, 1.82) is 0 Å². The fraction of sp³-hybridized carbons (Fsp3) is 0.333. The molecule has 146 valence electrons. The van der Waals surface area contributed by atoms with Crippen LogP contribution < -0.4 is 9.46 Å². The summed E-state index contributed by atoms with van der Waals surface area (Å²) >= 11 is 0. The van der Waals surface area contributed by atoms with Crippen LogP contribution in [-0.2, 0) is 16.6 Å². The highest BCUT2D eigenvalue weighted by molar-refractivity contribution is 7.89. The molecule has 1 aliphatic rings. The molecule has 2 aromatic rings. The van der Waals surface area contributed by atoms with Gasteiger partial charge in [-0.25, -0.2) is 13.1 Å². The van der Waals surface area contributed by atoms with Crippen molar-refractivity contribution in [1.82, 2.24) is 9.62 Å². The van der Waals surface area contributed by atoms with Gasteiger partial charge >= 0.3 is 6.36 Å². The number of para-hydroxylation sites is 1. The Morgan fingerprint density at radius 1 is 1.07 bits per heavy atom. The minimum atomic E-state index is -4.97. The molecule has 3 rings (SSSR count). The third-order valence-corrected chi connectivity index (χ3v) is 5.77. The molecule has 9 heteroatoms. The zero-order chi connectivity index (χ0) is 19.5. The first-order chi connectivity index (χ1) is 12.7. The maximum atomic E-state index is 12.6. The molecule has 0 bridgehead atoms. The molecule has 5 nitrogen and oxygen atoms in total. The van der Waals surface area contributed by atoms with Gasteiger partial charge in [-0.15, -0.1) is 13.2 Å². The second-order valence-electron chi connectivity index (χ2n) is 6.32. The van der Waals surface area contributed by atoms with Gasteiger partial charge in [0.25, 0.3) is 0 Å². The summed E-state index contributed by atoms with van der Waals surface area (Å²) in [5.74, 6) is -0.739. The van der Waals surface area contributed by atoms with Gasteiger partial charge in [0.05, 0.1) is 0 Å². The minimum absolute atomic E-state index is 0.377. The fourth-order valence-electron chi connectivity index (χ4n) is 3.08. The summed E-state index contributed by atoms with van der Waals surface area (Å²) in [6, 6.07) is 14.1. The number of hydrogen-bond donors (Lipinski definition) is 1. The number of nitrogens with zero attached hydrogens (tertiary/aromatic N) is 1. The standard InChI is InChI=1S/C18H19F3N2O3S/c19-18(20,21)26-16-8-4-5-9-17(16)27(24,25)22-15-10-11-23(13-15)12-14-6-2-1-3-7-14/h1-9,15,22H,10-13H2. The third kappa shape index (κ3) is 5.44. The lowest BCUT2D eigenvalue weighted by Crippen LogP contribution is -2.37. The van der Waals surface area contributed by atoms with Crippen LogP contribution in [0.25, 0.3) is 0 Å². The molecule has 1 heterocycles. The topological polar surface area (TPSA) is 58.6 Å². The summed E-state index contributed by atoms with van der Waals surface area (Å²) in [5.41, 5.74) is 1.12. The first-order valence-corrected chi connectivity index (χ1v) is 9.85. The Morgan fingerprint density at radius 3 is 2.44 bits per heavy atom. The van der Waals surface area contributed by atoms with E-state index >= 15 is 0 Å². The maximum Gasteiger partial charge on any atom is 0.573 e. The van der Waals surface area contributed by atoms with Gasteiger partial charge in [0.1, 0.15) is 10.6 Å². The quantitative estimate of drug-likeness (QED) is 0.810. The number of nitrogens with one attached hydrogen (secondary N) is 1. The monoisotopic (exact) mass is 400 g/mol. The van der Waals surface area contributed by atoms with Crippen LogP contribution in [0.4, 0.5) is 13.2 Å². The number of benzene rings is 2. The van der Waals surface area contributed by atoms with Crippen LogP contribution in [0.3, 0.4) is 0 Å². The normalized spacial score (nSPS) is 18.6. The predicted molar refractivity (Wildman–Crippen MR) is 93.6 cm³/mol.